The Bertz CT molecular complexity index is 533. The van der Waals surface area contributed by atoms with Crippen molar-refractivity contribution in [2.75, 3.05) is 32.9 Å². The molecule has 1 N–H and O–H groups in total. The molecule has 114 valence electrons. The van der Waals surface area contributed by atoms with Crippen LogP contribution in [0.3, 0.4) is 0 Å². The number of benzene rings is 1. The molecule has 0 bridgehead atoms. The molecule has 0 atom stereocenters. The second-order valence-corrected chi connectivity index (χ2v) is 5.68. The lowest BCUT2D eigenvalue weighted by Gasteiger charge is -2.28. The van der Waals surface area contributed by atoms with Gasteiger partial charge in [0.05, 0.1) is 24.3 Å². The molecule has 21 heavy (non-hydrogen) atoms. The molecule has 1 aromatic rings. The number of morpholine rings is 1. The topological polar surface area (TPSA) is 50.8 Å². The summed E-state index contributed by atoms with van der Waals surface area (Å²) in [6.07, 6.45) is 0. The molecule has 1 aliphatic heterocycles. The number of ether oxygens (including phenoxy) is 2. The second kappa shape index (κ2) is 7.72. The fraction of sp³-hybridized carbons (Fsp3) is 0.429. The molecule has 0 radical (unpaired) electrons. The molecule has 7 heteroatoms. The van der Waals surface area contributed by atoms with Gasteiger partial charge in [-0.25, -0.2) is 0 Å². The third-order valence-corrected chi connectivity index (χ3v) is 3.99. The molecule has 1 aliphatic rings. The zero-order valence-electron chi connectivity index (χ0n) is 11.7. The van der Waals surface area contributed by atoms with E-state index in [-0.39, 0.29) is 5.91 Å². The van der Waals surface area contributed by atoms with Gasteiger partial charge in [-0.1, -0.05) is 0 Å². The van der Waals surface area contributed by atoms with Crippen LogP contribution in [0.5, 0.6) is 5.75 Å². The fourth-order valence-electron chi connectivity index (χ4n) is 1.93. The maximum atomic E-state index is 12.2. The number of halogens is 1. The maximum Gasteiger partial charge on any atom is 0.257 e. The zero-order chi connectivity index (χ0) is 15.2. The first-order valence-electron chi connectivity index (χ1n) is 6.72. The molecular weight excluding hydrogens is 356 g/mol. The highest BCUT2D eigenvalue weighted by molar-refractivity contribution is 9.10. The first-order valence-corrected chi connectivity index (χ1v) is 7.92. The number of amides is 1. The van der Waals surface area contributed by atoms with Crippen molar-refractivity contribution in [1.82, 2.24) is 10.2 Å². The lowest BCUT2D eigenvalue weighted by Crippen LogP contribution is -2.47. The van der Waals surface area contributed by atoms with E-state index < -0.39 is 0 Å². The molecule has 1 heterocycles. The molecule has 5 nitrogen and oxygen atoms in total. The second-order valence-electron chi connectivity index (χ2n) is 4.44. The molecule has 0 saturated carbocycles. The van der Waals surface area contributed by atoms with E-state index >= 15 is 0 Å². The minimum absolute atomic E-state index is 0.227. The summed E-state index contributed by atoms with van der Waals surface area (Å²) in [5, 5.41) is 3.18. The van der Waals surface area contributed by atoms with Crippen LogP contribution >= 0.6 is 28.1 Å². The summed E-state index contributed by atoms with van der Waals surface area (Å²) in [6, 6.07) is 5.20. The number of nitrogens with zero attached hydrogens (tertiary/aromatic N) is 1. The van der Waals surface area contributed by atoms with Crippen molar-refractivity contribution in [2.45, 2.75) is 6.92 Å². The van der Waals surface area contributed by atoms with E-state index in [0.717, 1.165) is 4.47 Å². The quantitative estimate of drug-likeness (QED) is 0.824. The van der Waals surface area contributed by atoms with Gasteiger partial charge in [0, 0.05) is 18.7 Å². The first kappa shape index (κ1) is 16.2. The van der Waals surface area contributed by atoms with Gasteiger partial charge in [0.25, 0.3) is 5.91 Å². The van der Waals surface area contributed by atoms with E-state index in [2.05, 4.69) is 21.2 Å². The highest BCUT2D eigenvalue weighted by atomic mass is 79.9. The molecular formula is C14H17BrN2O3S. The molecule has 1 fully saturated rings. The van der Waals surface area contributed by atoms with E-state index in [1.807, 2.05) is 11.8 Å². The van der Waals surface area contributed by atoms with Crippen LogP contribution in [0.1, 0.15) is 17.3 Å². The van der Waals surface area contributed by atoms with Crippen LogP contribution in [-0.2, 0) is 4.74 Å². The highest BCUT2D eigenvalue weighted by Gasteiger charge is 2.17. The Morgan fingerprint density at radius 3 is 2.81 bits per heavy atom. The summed E-state index contributed by atoms with van der Waals surface area (Å²) in [5.41, 5.74) is 0.529. The molecule has 0 aliphatic carbocycles. The number of thiocarbonyl (C=S) groups is 1. The van der Waals surface area contributed by atoms with E-state index in [0.29, 0.717) is 49.3 Å². The van der Waals surface area contributed by atoms with Crippen molar-refractivity contribution >= 4 is 39.2 Å². The lowest BCUT2D eigenvalue weighted by atomic mass is 10.2. The Balaban J connectivity index is 1.99. The van der Waals surface area contributed by atoms with Gasteiger partial charge in [0.15, 0.2) is 5.11 Å². The van der Waals surface area contributed by atoms with Gasteiger partial charge in [0.2, 0.25) is 0 Å². The average molecular weight is 373 g/mol. The van der Waals surface area contributed by atoms with Crippen molar-refractivity contribution in [3.8, 4) is 5.75 Å². The predicted molar refractivity (Wildman–Crippen MR) is 87.8 cm³/mol. The predicted octanol–water partition coefficient (Wildman–Crippen LogP) is 2.19. The molecule has 1 aromatic carbocycles. The Morgan fingerprint density at radius 1 is 1.48 bits per heavy atom. The summed E-state index contributed by atoms with van der Waals surface area (Å²) < 4.78 is 11.4. The Morgan fingerprint density at radius 2 is 2.19 bits per heavy atom. The number of hydrogen-bond donors (Lipinski definition) is 1. The number of hydrogen-bond acceptors (Lipinski definition) is 4. The summed E-state index contributed by atoms with van der Waals surface area (Å²) >= 11 is 8.65. The van der Waals surface area contributed by atoms with Gasteiger partial charge in [-0.05, 0) is 53.3 Å². The number of carbonyl (C=O) groups excluding carboxylic acids is 1. The van der Waals surface area contributed by atoms with Gasteiger partial charge < -0.3 is 14.4 Å². The molecule has 1 saturated heterocycles. The molecule has 0 unspecified atom stereocenters. The fourth-order valence-corrected chi connectivity index (χ4v) is 2.70. The van der Waals surface area contributed by atoms with Crippen LogP contribution in [0.25, 0.3) is 0 Å². The normalized spacial score (nSPS) is 14.7. The maximum absolute atomic E-state index is 12.2. The van der Waals surface area contributed by atoms with Crippen LogP contribution in [0.4, 0.5) is 0 Å². The Kier molecular flexibility index (Phi) is 5.96. The number of nitrogens with one attached hydrogen (secondary N) is 1. The van der Waals surface area contributed by atoms with Crippen LogP contribution in [-0.4, -0.2) is 48.8 Å². The van der Waals surface area contributed by atoms with Crippen LogP contribution in [0, 0.1) is 0 Å². The van der Waals surface area contributed by atoms with Crippen molar-refractivity contribution < 1.29 is 14.3 Å². The van der Waals surface area contributed by atoms with E-state index in [1.54, 1.807) is 18.2 Å². The minimum atomic E-state index is -0.227. The van der Waals surface area contributed by atoms with Gasteiger partial charge in [-0.15, -0.1) is 0 Å². The van der Waals surface area contributed by atoms with Crippen molar-refractivity contribution in [2.24, 2.45) is 0 Å². The monoisotopic (exact) mass is 372 g/mol. The minimum Gasteiger partial charge on any atom is -0.493 e. The third-order valence-electron chi connectivity index (χ3n) is 3.01. The third kappa shape index (κ3) is 4.39. The average Bonchev–Trinajstić information content (AvgIpc) is 2.50. The Hall–Kier alpha value is -1.18. The van der Waals surface area contributed by atoms with Crippen LogP contribution in [0.15, 0.2) is 22.7 Å². The SMILES string of the molecule is CCOc1ccc(C(=O)NC(=S)N2CCOCC2)cc1Br. The largest absolute Gasteiger partial charge is 0.493 e. The smallest absolute Gasteiger partial charge is 0.257 e. The number of carbonyl (C=O) groups is 1. The van der Waals surface area contributed by atoms with E-state index in [9.17, 15) is 4.79 Å². The number of rotatable bonds is 3. The van der Waals surface area contributed by atoms with Crippen LogP contribution < -0.4 is 10.1 Å². The zero-order valence-corrected chi connectivity index (χ0v) is 14.1. The summed E-state index contributed by atoms with van der Waals surface area (Å²) in [5.74, 6) is 0.486. The van der Waals surface area contributed by atoms with Crippen molar-refractivity contribution in [3.05, 3.63) is 28.2 Å². The first-order chi connectivity index (χ1) is 10.1. The highest BCUT2D eigenvalue weighted by Crippen LogP contribution is 2.25. The van der Waals surface area contributed by atoms with Crippen molar-refractivity contribution in [1.29, 1.82) is 0 Å². The van der Waals surface area contributed by atoms with Gasteiger partial charge >= 0.3 is 0 Å². The van der Waals surface area contributed by atoms with Crippen molar-refractivity contribution in [3.63, 3.8) is 0 Å². The summed E-state index contributed by atoms with van der Waals surface area (Å²) in [7, 11) is 0. The molecule has 2 rings (SSSR count). The van der Waals surface area contributed by atoms with Gasteiger partial charge in [-0.2, -0.15) is 0 Å². The Labute approximate surface area is 137 Å². The summed E-state index contributed by atoms with van der Waals surface area (Å²) in [4.78, 5) is 14.1. The standard InChI is InChI=1S/C14H17BrN2O3S/c1-2-20-12-4-3-10(9-11(12)15)13(18)16-14(21)17-5-7-19-8-6-17/h3-4,9H,2,5-8H2,1H3,(H,16,18,21). The lowest BCUT2D eigenvalue weighted by molar-refractivity contribution is 0.0669. The van der Waals surface area contributed by atoms with E-state index in [1.165, 1.54) is 0 Å². The molecule has 0 aromatic heterocycles. The molecule has 0 spiro atoms. The van der Waals surface area contributed by atoms with Crippen LogP contribution in [0.2, 0.25) is 0 Å². The van der Waals surface area contributed by atoms with Gasteiger partial charge in [0.1, 0.15) is 5.75 Å². The summed E-state index contributed by atoms with van der Waals surface area (Å²) in [6.45, 7) is 5.15. The molecule has 1 amide bonds. The van der Waals surface area contributed by atoms with E-state index in [4.69, 9.17) is 21.7 Å². The van der Waals surface area contributed by atoms with Gasteiger partial charge in [-0.3, -0.25) is 10.1 Å².